The van der Waals surface area contributed by atoms with E-state index in [0.29, 0.717) is 0 Å². The lowest BCUT2D eigenvalue weighted by Gasteiger charge is -2.14. The summed E-state index contributed by atoms with van der Waals surface area (Å²) in [6.07, 6.45) is 3.94. The molecule has 2 rings (SSSR count). The van der Waals surface area contributed by atoms with Gasteiger partial charge < -0.3 is 0 Å². The fraction of sp³-hybridized carbons (Fsp3) is 0.250. The van der Waals surface area contributed by atoms with Crippen LogP contribution < -0.4 is 0 Å². The first kappa shape index (κ1) is 17.4. The van der Waals surface area contributed by atoms with E-state index in [2.05, 4.69) is 35.6 Å². The summed E-state index contributed by atoms with van der Waals surface area (Å²) in [4.78, 5) is 0. The fourth-order valence-corrected chi connectivity index (χ4v) is 2.49. The number of rotatable bonds is 4. The predicted molar refractivity (Wildman–Crippen MR) is 101 cm³/mol. The van der Waals surface area contributed by atoms with Crippen LogP contribution in [0.15, 0.2) is 65.1 Å². The normalized spacial score (nSPS) is 14.2. The lowest BCUT2D eigenvalue weighted by atomic mass is 10.1. The maximum absolute atomic E-state index is 12.4. The van der Waals surface area contributed by atoms with E-state index in [-0.39, 0.29) is 4.75 Å². The van der Waals surface area contributed by atoms with Crippen molar-refractivity contribution < 1.29 is 4.21 Å². The van der Waals surface area contributed by atoms with Gasteiger partial charge in [-0.05, 0) is 39.3 Å². The van der Waals surface area contributed by atoms with E-state index >= 15 is 0 Å². The molecular weight excluding hydrogens is 302 g/mol. The molecule has 23 heavy (non-hydrogen) atoms. The quantitative estimate of drug-likeness (QED) is 0.731. The Bertz CT molecular complexity index is 722. The molecule has 0 fully saturated rings. The van der Waals surface area contributed by atoms with Gasteiger partial charge in [0, 0.05) is 5.56 Å². The van der Waals surface area contributed by atoms with Gasteiger partial charge in [-0.15, -0.1) is 0 Å². The lowest BCUT2D eigenvalue weighted by molar-refractivity contribution is 0.650. The van der Waals surface area contributed by atoms with Crippen molar-refractivity contribution in [2.45, 2.75) is 32.4 Å². The van der Waals surface area contributed by atoms with Crippen LogP contribution in [0.5, 0.6) is 0 Å². The van der Waals surface area contributed by atoms with Crippen molar-refractivity contribution in [1.82, 2.24) is 0 Å². The first-order valence-electron chi connectivity index (χ1n) is 7.67. The predicted octanol–water partition coefficient (Wildman–Crippen LogP) is 4.96. The molecule has 0 unspecified atom stereocenters. The second-order valence-corrected chi connectivity index (χ2v) is 8.35. The highest BCUT2D eigenvalue weighted by Gasteiger charge is 2.19. The van der Waals surface area contributed by atoms with Crippen LogP contribution in [-0.4, -0.2) is 14.7 Å². The number of hydrogen-bond acceptors (Lipinski definition) is 1. The van der Waals surface area contributed by atoms with Crippen LogP contribution in [-0.2, 0) is 11.0 Å². The monoisotopic (exact) mass is 325 g/mol. The summed E-state index contributed by atoms with van der Waals surface area (Å²) >= 11 is 0. The Balaban J connectivity index is 2.36. The molecule has 0 heterocycles. The van der Waals surface area contributed by atoms with Gasteiger partial charge in [0.25, 0.3) is 0 Å². The second-order valence-electron chi connectivity index (χ2n) is 6.45. The highest BCUT2D eigenvalue weighted by molar-refractivity contribution is 7.85. The van der Waals surface area contributed by atoms with Crippen LogP contribution in [0.2, 0.25) is 0 Å². The van der Waals surface area contributed by atoms with E-state index in [1.807, 2.05) is 63.3 Å². The molecule has 0 aliphatic carbocycles. The molecule has 0 bridgehead atoms. The molecule has 1 atom stereocenters. The van der Waals surface area contributed by atoms with Gasteiger partial charge in [0.2, 0.25) is 0 Å². The molecular formula is C20H23NOS. The molecule has 0 aromatic heterocycles. The van der Waals surface area contributed by atoms with E-state index in [0.717, 1.165) is 16.8 Å². The first-order chi connectivity index (χ1) is 10.9. The molecule has 120 valence electrons. The molecule has 2 aromatic carbocycles. The molecule has 0 spiro atoms. The molecule has 0 radical (unpaired) electrons. The van der Waals surface area contributed by atoms with Crippen LogP contribution >= 0.6 is 0 Å². The highest BCUT2D eigenvalue weighted by Crippen LogP contribution is 2.15. The molecule has 2 aromatic rings. The Labute approximate surface area is 141 Å². The van der Waals surface area contributed by atoms with Gasteiger partial charge in [0.05, 0.1) is 10.5 Å². The number of benzene rings is 2. The van der Waals surface area contributed by atoms with Gasteiger partial charge in [0.1, 0.15) is 11.0 Å². The number of allylic oxidation sites excluding steroid dienone is 1. The SMILES string of the molecule is Cc1ccc(/C=C/C(=N\[S@](=O)C(C)(C)C)c2ccccc2)cc1. The van der Waals surface area contributed by atoms with Crippen molar-refractivity contribution in [2.24, 2.45) is 4.40 Å². The second kappa shape index (κ2) is 7.51. The van der Waals surface area contributed by atoms with E-state index in [1.165, 1.54) is 5.56 Å². The molecule has 2 nitrogen and oxygen atoms in total. The zero-order valence-electron chi connectivity index (χ0n) is 14.1. The molecule has 3 heteroatoms. The summed E-state index contributed by atoms with van der Waals surface area (Å²) < 4.78 is 16.5. The Morgan fingerprint density at radius 3 is 2.17 bits per heavy atom. The minimum atomic E-state index is -1.29. The van der Waals surface area contributed by atoms with Crippen molar-refractivity contribution in [3.63, 3.8) is 0 Å². The molecule has 0 saturated carbocycles. The van der Waals surface area contributed by atoms with Gasteiger partial charge in [-0.2, -0.15) is 4.40 Å². The van der Waals surface area contributed by atoms with Crippen molar-refractivity contribution in [1.29, 1.82) is 0 Å². The summed E-state index contributed by atoms with van der Waals surface area (Å²) in [7, 11) is -1.29. The van der Waals surface area contributed by atoms with Crippen LogP contribution in [0.1, 0.15) is 37.5 Å². The third-order valence-electron chi connectivity index (χ3n) is 3.29. The Morgan fingerprint density at radius 2 is 1.61 bits per heavy atom. The summed E-state index contributed by atoms with van der Waals surface area (Å²) in [6, 6.07) is 18.1. The molecule has 0 amide bonds. The smallest absolute Gasteiger partial charge is 0.145 e. The largest absolute Gasteiger partial charge is 0.234 e. The number of hydrogen-bond donors (Lipinski definition) is 0. The van der Waals surface area contributed by atoms with Crippen molar-refractivity contribution in [2.75, 3.05) is 0 Å². The van der Waals surface area contributed by atoms with Gasteiger partial charge in [-0.25, -0.2) is 4.21 Å². The van der Waals surface area contributed by atoms with E-state index in [9.17, 15) is 4.21 Å². The van der Waals surface area contributed by atoms with Crippen LogP contribution in [0.4, 0.5) is 0 Å². The first-order valence-corrected chi connectivity index (χ1v) is 8.78. The topological polar surface area (TPSA) is 29.4 Å². The Kier molecular flexibility index (Phi) is 5.67. The zero-order chi connectivity index (χ0) is 16.9. The third-order valence-corrected chi connectivity index (χ3v) is 4.70. The van der Waals surface area contributed by atoms with E-state index < -0.39 is 11.0 Å². The molecule has 0 N–H and O–H groups in total. The van der Waals surface area contributed by atoms with E-state index in [4.69, 9.17) is 0 Å². The summed E-state index contributed by atoms with van der Waals surface area (Å²) in [5.41, 5.74) is 4.03. The van der Waals surface area contributed by atoms with Gasteiger partial charge in [-0.1, -0.05) is 66.2 Å². The highest BCUT2D eigenvalue weighted by atomic mass is 32.2. The maximum Gasteiger partial charge on any atom is 0.145 e. The van der Waals surface area contributed by atoms with E-state index in [1.54, 1.807) is 0 Å². The minimum Gasteiger partial charge on any atom is -0.234 e. The van der Waals surface area contributed by atoms with Crippen molar-refractivity contribution in [3.05, 3.63) is 77.4 Å². The molecule has 0 saturated heterocycles. The van der Waals surface area contributed by atoms with Crippen LogP contribution in [0.25, 0.3) is 6.08 Å². The summed E-state index contributed by atoms with van der Waals surface area (Å²) in [6.45, 7) is 7.85. The van der Waals surface area contributed by atoms with Crippen LogP contribution in [0.3, 0.4) is 0 Å². The van der Waals surface area contributed by atoms with Gasteiger partial charge in [0.15, 0.2) is 0 Å². The van der Waals surface area contributed by atoms with Crippen LogP contribution in [0, 0.1) is 6.92 Å². The maximum atomic E-state index is 12.4. The van der Waals surface area contributed by atoms with Gasteiger partial charge >= 0.3 is 0 Å². The minimum absolute atomic E-state index is 0.377. The number of nitrogens with zero attached hydrogens (tertiary/aromatic N) is 1. The van der Waals surface area contributed by atoms with Crippen molar-refractivity contribution in [3.8, 4) is 0 Å². The summed E-state index contributed by atoms with van der Waals surface area (Å²) in [5.74, 6) is 0. The third kappa shape index (κ3) is 5.29. The van der Waals surface area contributed by atoms with Crippen molar-refractivity contribution >= 4 is 22.8 Å². The Morgan fingerprint density at radius 1 is 1.00 bits per heavy atom. The summed E-state index contributed by atoms with van der Waals surface area (Å²) in [5, 5.41) is 0. The average molecular weight is 325 g/mol. The Hall–Kier alpha value is -2.00. The standard InChI is InChI=1S/C20H23NOS/c1-16-10-12-17(13-11-16)14-15-19(18-8-6-5-7-9-18)21-23(22)20(2,3)4/h5-15H,1-4H3/b15-14+,21-19+/t23-/m1/s1. The van der Waals surface area contributed by atoms with Gasteiger partial charge in [-0.3, -0.25) is 0 Å². The zero-order valence-corrected chi connectivity index (χ0v) is 14.9. The number of aryl methyl sites for hydroxylation is 1. The fourth-order valence-electron chi connectivity index (χ4n) is 1.87. The molecule has 0 aliphatic rings. The average Bonchev–Trinajstić information content (AvgIpc) is 2.52. The lowest BCUT2D eigenvalue weighted by Crippen LogP contribution is -2.20. The molecule has 0 aliphatic heterocycles.